The van der Waals surface area contributed by atoms with Gasteiger partial charge >= 0.3 is 5.97 Å². The maximum absolute atomic E-state index is 14.2. The predicted molar refractivity (Wildman–Crippen MR) is 231 cm³/mol. The minimum Gasteiger partial charge on any atom is -0.481 e. The summed E-state index contributed by atoms with van der Waals surface area (Å²) in [4.78, 5) is 126. The van der Waals surface area contributed by atoms with Crippen LogP contribution in [0.15, 0.2) is 23.2 Å². The number of amides is 8. The first kappa shape index (κ1) is 49.8. The SMILES string of the molecule is CC[C@@H]1NC(=O)[C@H]([C@@H](C)CC)NC(=O)[C@@H]2C[C@@H](O)CN2C(=O)[C@H](CC(=O)O)NC(=O)[C@H](CSc2[nH]c3ccc(N)cc3c2C)NC(=O)CNC(=O)[C@H]([C@@H](C)CC)NC(=O)CNC1=O. The number of aliphatic carboxylic acids is 1. The summed E-state index contributed by atoms with van der Waals surface area (Å²) >= 11 is 1.14. The average molecular weight is 901 g/mol. The van der Waals surface area contributed by atoms with Crippen molar-refractivity contribution in [2.75, 3.05) is 31.1 Å². The monoisotopic (exact) mass is 900 g/mol. The van der Waals surface area contributed by atoms with E-state index in [0.717, 1.165) is 33.1 Å². The number of nitrogen functional groups attached to an aromatic ring is 1. The van der Waals surface area contributed by atoms with E-state index >= 15 is 0 Å². The smallest absolute Gasteiger partial charge is 0.305 e. The van der Waals surface area contributed by atoms with Crippen LogP contribution in [0.2, 0.25) is 0 Å². The van der Waals surface area contributed by atoms with Crippen LogP contribution in [-0.4, -0.2) is 141 Å². The van der Waals surface area contributed by atoms with Crippen molar-refractivity contribution in [3.8, 4) is 0 Å². The number of aromatic amines is 1. The van der Waals surface area contributed by atoms with Gasteiger partial charge in [-0.2, -0.15) is 0 Å². The Labute approximate surface area is 368 Å². The van der Waals surface area contributed by atoms with E-state index in [0.29, 0.717) is 23.6 Å². The average Bonchev–Trinajstić information content (AvgIpc) is 3.79. The number of nitrogens with zero attached hydrogens (tertiary/aromatic N) is 1. The fourth-order valence-corrected chi connectivity index (χ4v) is 8.35. The van der Waals surface area contributed by atoms with Crippen molar-refractivity contribution in [2.24, 2.45) is 11.8 Å². The lowest BCUT2D eigenvalue weighted by Gasteiger charge is -2.31. The van der Waals surface area contributed by atoms with Crippen LogP contribution in [0.25, 0.3) is 10.9 Å². The number of hydrogen-bond acceptors (Lipinski definition) is 12. The number of rotatable bonds is 10. The van der Waals surface area contributed by atoms with Crippen molar-refractivity contribution in [1.29, 1.82) is 0 Å². The second-order valence-corrected chi connectivity index (χ2v) is 17.1. The van der Waals surface area contributed by atoms with Crippen LogP contribution in [0.4, 0.5) is 5.69 Å². The van der Waals surface area contributed by atoms with Crippen molar-refractivity contribution >= 4 is 81.6 Å². The zero-order valence-corrected chi connectivity index (χ0v) is 37.1. The molecule has 0 aliphatic carbocycles. The molecular weight excluding hydrogens is 841 g/mol. The summed E-state index contributed by atoms with van der Waals surface area (Å²) in [5, 5.41) is 39.8. The Bertz CT molecular complexity index is 2060. The Kier molecular flexibility index (Phi) is 17.7. The molecule has 8 amide bonds. The molecule has 2 aliphatic rings. The van der Waals surface area contributed by atoms with E-state index in [-0.39, 0.29) is 18.6 Å². The van der Waals surface area contributed by atoms with Gasteiger partial charge in [0.1, 0.15) is 36.3 Å². The number of nitrogens with one attached hydrogen (secondary N) is 8. The Morgan fingerprint density at radius 1 is 0.794 bits per heavy atom. The van der Waals surface area contributed by atoms with Gasteiger partial charge < -0.3 is 63.0 Å². The van der Waals surface area contributed by atoms with E-state index < -0.39 is 133 Å². The van der Waals surface area contributed by atoms with Gasteiger partial charge in [-0.3, -0.25) is 43.2 Å². The molecule has 2 fully saturated rings. The molecule has 0 spiro atoms. The van der Waals surface area contributed by atoms with Crippen molar-refractivity contribution in [2.45, 2.75) is 121 Å². The summed E-state index contributed by atoms with van der Waals surface area (Å²) in [6, 6.07) is -2.91. The van der Waals surface area contributed by atoms with Gasteiger partial charge in [0, 0.05) is 35.3 Å². The van der Waals surface area contributed by atoms with E-state index in [4.69, 9.17) is 5.73 Å². The molecule has 2 aliphatic heterocycles. The van der Waals surface area contributed by atoms with Gasteiger partial charge in [0.05, 0.1) is 30.6 Å². The molecule has 2 saturated heterocycles. The van der Waals surface area contributed by atoms with Gasteiger partial charge in [-0.15, -0.1) is 11.8 Å². The maximum Gasteiger partial charge on any atom is 0.305 e. The Hall–Kier alpha value is -5.90. The highest BCUT2D eigenvalue weighted by atomic mass is 32.2. The third-order valence-corrected chi connectivity index (χ3v) is 12.6. The highest BCUT2D eigenvalue weighted by Gasteiger charge is 2.44. The predicted octanol–water partition coefficient (Wildman–Crippen LogP) is -1.24. The second kappa shape index (κ2) is 22.5. The Balaban J connectivity index is 1.72. The molecule has 4 rings (SSSR count). The second-order valence-electron chi connectivity index (χ2n) is 16.1. The number of carbonyl (C=O) groups is 9. The number of aliphatic hydroxyl groups is 1. The van der Waals surface area contributed by atoms with E-state index in [1.807, 2.05) is 6.92 Å². The first-order chi connectivity index (χ1) is 29.8. The Morgan fingerprint density at radius 2 is 1.40 bits per heavy atom. The summed E-state index contributed by atoms with van der Waals surface area (Å²) in [5.74, 6) is -9.19. The summed E-state index contributed by atoms with van der Waals surface area (Å²) < 4.78 is 0. The molecule has 12 N–H and O–H groups in total. The lowest BCUT2D eigenvalue weighted by Crippen LogP contribution is -2.60. The topological polar surface area (TPSA) is 323 Å². The number of aryl methyl sites for hydroxylation is 1. The third-order valence-electron chi connectivity index (χ3n) is 11.4. The van der Waals surface area contributed by atoms with Gasteiger partial charge in [-0.05, 0) is 48.9 Å². The normalized spacial score (nSPS) is 26.2. The van der Waals surface area contributed by atoms with Crippen molar-refractivity contribution < 1.29 is 53.4 Å². The maximum atomic E-state index is 14.2. The lowest BCUT2D eigenvalue weighted by molar-refractivity contribution is -0.146. The molecule has 63 heavy (non-hydrogen) atoms. The minimum atomic E-state index is -1.79. The highest BCUT2D eigenvalue weighted by Crippen LogP contribution is 2.31. The molecule has 0 unspecified atom stereocenters. The molecule has 1 aromatic heterocycles. The van der Waals surface area contributed by atoms with Gasteiger partial charge in [0.2, 0.25) is 47.3 Å². The molecule has 3 heterocycles. The first-order valence-corrected chi connectivity index (χ1v) is 22.0. The van der Waals surface area contributed by atoms with Crippen LogP contribution in [0, 0.1) is 18.8 Å². The highest BCUT2D eigenvalue weighted by molar-refractivity contribution is 7.99. The standard InChI is InChI=1S/C41H60N10O11S/c1-7-19(4)33-38(60)44-15-30(53)45-28(18-63-40-21(6)24-12-22(42)10-11-26(24)48-40)36(58)47-27(14-32(55)56)41(62)51-17-23(52)13-29(51)37(59)50-34(20(5)8-2)39(61)46-25(9-3)35(57)43-16-31(54)49-33/h10-12,19-20,23,25,27-29,33-34,48,52H,7-9,13-18,42H2,1-6H3,(H,43,57)(H,44,60)(H,45,53)(H,46,61)(H,47,58)(H,49,54)(H,50,59)(H,55,56)/t19-,20-,23+,25-,27-,28-,29-,33-,34-/m0/s1. The summed E-state index contributed by atoms with van der Waals surface area (Å²) in [6.07, 6.45) is -1.55. The van der Waals surface area contributed by atoms with Gasteiger partial charge in [0.15, 0.2) is 0 Å². The van der Waals surface area contributed by atoms with Crippen LogP contribution in [0.3, 0.4) is 0 Å². The zero-order valence-electron chi connectivity index (χ0n) is 36.3. The number of nitrogens with two attached hydrogens (primary N) is 1. The number of benzene rings is 1. The number of fused-ring (bicyclic) bond motifs is 2. The number of thioether (sulfide) groups is 1. The Morgan fingerprint density at radius 3 is 2.02 bits per heavy atom. The van der Waals surface area contributed by atoms with Crippen molar-refractivity contribution in [1.82, 2.24) is 47.1 Å². The molecule has 0 radical (unpaired) electrons. The van der Waals surface area contributed by atoms with E-state index in [1.165, 1.54) is 0 Å². The van der Waals surface area contributed by atoms with Gasteiger partial charge in [-0.25, -0.2) is 0 Å². The molecule has 22 heteroatoms. The minimum absolute atomic E-state index is 0.0892. The molecule has 0 saturated carbocycles. The number of carboxylic acid groups (broad SMARTS) is 1. The third kappa shape index (κ3) is 13.1. The van der Waals surface area contributed by atoms with E-state index in [1.54, 1.807) is 52.8 Å². The number of aromatic nitrogens is 1. The number of carbonyl (C=O) groups excluding carboxylic acids is 8. The number of aliphatic hydroxyl groups excluding tert-OH is 1. The van der Waals surface area contributed by atoms with Gasteiger partial charge in [0.25, 0.3) is 0 Å². The molecule has 346 valence electrons. The largest absolute Gasteiger partial charge is 0.481 e. The zero-order chi connectivity index (χ0) is 46.7. The van der Waals surface area contributed by atoms with Crippen LogP contribution >= 0.6 is 11.8 Å². The summed E-state index contributed by atoms with van der Waals surface area (Å²) in [7, 11) is 0. The first-order valence-electron chi connectivity index (χ1n) is 21.0. The number of carboxylic acids is 1. The van der Waals surface area contributed by atoms with Crippen LogP contribution in [0.5, 0.6) is 0 Å². The molecule has 0 bridgehead atoms. The lowest BCUT2D eigenvalue weighted by atomic mass is 9.97. The molecule has 1 aromatic carbocycles. The quantitative estimate of drug-likeness (QED) is 0.0984. The molecular formula is C41H60N10O11S. The number of hydrogen-bond donors (Lipinski definition) is 11. The van der Waals surface area contributed by atoms with Gasteiger partial charge in [-0.1, -0.05) is 47.5 Å². The fourth-order valence-electron chi connectivity index (χ4n) is 7.27. The number of anilines is 1. The van der Waals surface area contributed by atoms with E-state index in [2.05, 4.69) is 42.2 Å². The van der Waals surface area contributed by atoms with Crippen LogP contribution < -0.4 is 43.0 Å². The van der Waals surface area contributed by atoms with Crippen molar-refractivity contribution in [3.63, 3.8) is 0 Å². The van der Waals surface area contributed by atoms with Crippen molar-refractivity contribution in [3.05, 3.63) is 23.8 Å². The summed E-state index contributed by atoms with van der Waals surface area (Å²) in [5.41, 5.74) is 8.05. The fraction of sp³-hybridized carbons (Fsp3) is 0.585. The summed E-state index contributed by atoms with van der Waals surface area (Å²) in [6.45, 7) is 8.75. The molecule has 9 atom stereocenters. The van der Waals surface area contributed by atoms with Crippen LogP contribution in [0.1, 0.15) is 72.3 Å². The number of H-pyrrole nitrogens is 1. The van der Waals surface area contributed by atoms with E-state index in [9.17, 15) is 53.4 Å². The molecule has 21 nitrogen and oxygen atoms in total. The molecule has 2 aromatic rings. The van der Waals surface area contributed by atoms with Crippen LogP contribution in [-0.2, 0) is 43.2 Å².